The standard InChI is InChI=1S/C11H10FN3O2S/c1-8-4-5-10(14-7-8)15-18(16,17)11-9(12)3-2-6-13-11/h2-7H,1H3,(H,14,15). The van der Waals surface area contributed by atoms with Crippen LogP contribution in [0.5, 0.6) is 0 Å². The van der Waals surface area contributed by atoms with E-state index in [0.29, 0.717) is 0 Å². The quantitative estimate of drug-likeness (QED) is 0.919. The molecule has 2 heterocycles. The highest BCUT2D eigenvalue weighted by Crippen LogP contribution is 2.14. The molecule has 0 saturated carbocycles. The first-order chi connectivity index (χ1) is 8.49. The summed E-state index contributed by atoms with van der Waals surface area (Å²) in [6, 6.07) is 5.54. The molecule has 0 spiro atoms. The maximum absolute atomic E-state index is 13.4. The fourth-order valence-corrected chi connectivity index (χ4v) is 2.30. The molecule has 0 fully saturated rings. The summed E-state index contributed by atoms with van der Waals surface area (Å²) in [4.78, 5) is 7.39. The van der Waals surface area contributed by atoms with Gasteiger partial charge in [0.15, 0.2) is 5.82 Å². The van der Waals surface area contributed by atoms with Crippen molar-refractivity contribution in [2.24, 2.45) is 0 Å². The molecular formula is C11H10FN3O2S. The molecule has 0 aliphatic carbocycles. The number of aromatic nitrogens is 2. The minimum absolute atomic E-state index is 0.116. The Balaban J connectivity index is 2.33. The normalized spacial score (nSPS) is 11.2. The van der Waals surface area contributed by atoms with Gasteiger partial charge in [-0.15, -0.1) is 0 Å². The van der Waals surface area contributed by atoms with Crippen LogP contribution in [-0.2, 0) is 10.0 Å². The number of sulfonamides is 1. The van der Waals surface area contributed by atoms with Gasteiger partial charge < -0.3 is 0 Å². The van der Waals surface area contributed by atoms with Crippen molar-refractivity contribution in [1.29, 1.82) is 0 Å². The molecule has 5 nitrogen and oxygen atoms in total. The minimum atomic E-state index is -4.06. The van der Waals surface area contributed by atoms with E-state index in [1.54, 1.807) is 6.07 Å². The van der Waals surface area contributed by atoms with Gasteiger partial charge in [0, 0.05) is 12.4 Å². The third kappa shape index (κ3) is 2.62. The van der Waals surface area contributed by atoms with Crippen molar-refractivity contribution in [2.75, 3.05) is 4.72 Å². The predicted octanol–water partition coefficient (Wildman–Crippen LogP) is 1.72. The van der Waals surface area contributed by atoms with Crippen LogP contribution >= 0.6 is 0 Å². The molecule has 0 aromatic carbocycles. The summed E-state index contributed by atoms with van der Waals surface area (Å²) >= 11 is 0. The van der Waals surface area contributed by atoms with Crippen molar-refractivity contribution >= 4 is 15.8 Å². The van der Waals surface area contributed by atoms with Crippen molar-refractivity contribution in [3.8, 4) is 0 Å². The monoisotopic (exact) mass is 267 g/mol. The molecule has 2 rings (SSSR count). The van der Waals surface area contributed by atoms with Gasteiger partial charge in [-0.1, -0.05) is 6.07 Å². The summed E-state index contributed by atoms with van der Waals surface area (Å²) in [5.74, 6) is -0.789. The number of pyridine rings is 2. The first kappa shape index (κ1) is 12.4. The van der Waals surface area contributed by atoms with Gasteiger partial charge in [-0.3, -0.25) is 4.72 Å². The van der Waals surface area contributed by atoms with Crippen molar-refractivity contribution in [3.63, 3.8) is 0 Å². The van der Waals surface area contributed by atoms with Crippen LogP contribution in [0.15, 0.2) is 41.7 Å². The summed E-state index contributed by atoms with van der Waals surface area (Å²) in [7, 11) is -4.06. The van der Waals surface area contributed by atoms with E-state index in [9.17, 15) is 12.8 Å². The van der Waals surface area contributed by atoms with Crippen LogP contribution in [0, 0.1) is 12.7 Å². The average Bonchev–Trinajstić information content (AvgIpc) is 2.32. The van der Waals surface area contributed by atoms with E-state index >= 15 is 0 Å². The largest absolute Gasteiger partial charge is 0.283 e. The highest BCUT2D eigenvalue weighted by Gasteiger charge is 2.20. The number of nitrogens with one attached hydrogen (secondary N) is 1. The average molecular weight is 267 g/mol. The lowest BCUT2D eigenvalue weighted by atomic mass is 10.3. The highest BCUT2D eigenvalue weighted by molar-refractivity contribution is 7.92. The molecule has 0 unspecified atom stereocenters. The number of anilines is 1. The molecule has 94 valence electrons. The van der Waals surface area contributed by atoms with E-state index in [0.717, 1.165) is 11.6 Å². The summed E-state index contributed by atoms with van der Waals surface area (Å²) in [6.45, 7) is 1.82. The predicted molar refractivity (Wildman–Crippen MR) is 64.0 cm³/mol. The van der Waals surface area contributed by atoms with Crippen LogP contribution in [0.25, 0.3) is 0 Å². The number of hydrogen-bond donors (Lipinski definition) is 1. The zero-order valence-electron chi connectivity index (χ0n) is 9.46. The lowest BCUT2D eigenvalue weighted by molar-refractivity contribution is 0.556. The molecule has 0 aliphatic heterocycles. The van der Waals surface area contributed by atoms with Gasteiger partial charge in [0.05, 0.1) is 0 Å². The van der Waals surface area contributed by atoms with Gasteiger partial charge in [-0.25, -0.2) is 14.4 Å². The van der Waals surface area contributed by atoms with Crippen LogP contribution in [0.4, 0.5) is 10.2 Å². The van der Waals surface area contributed by atoms with Gasteiger partial charge >= 0.3 is 0 Å². The maximum Gasteiger partial charge on any atom is 0.283 e. The fraction of sp³-hybridized carbons (Fsp3) is 0.0909. The summed E-state index contributed by atoms with van der Waals surface area (Å²) in [5.41, 5.74) is 0.891. The second kappa shape index (κ2) is 4.69. The van der Waals surface area contributed by atoms with Gasteiger partial charge in [-0.2, -0.15) is 8.42 Å². The van der Waals surface area contributed by atoms with Crippen LogP contribution in [0.1, 0.15) is 5.56 Å². The summed E-state index contributed by atoms with van der Waals surface area (Å²) in [5, 5.41) is -0.646. The zero-order valence-corrected chi connectivity index (χ0v) is 10.3. The number of hydrogen-bond acceptors (Lipinski definition) is 4. The van der Waals surface area contributed by atoms with E-state index in [1.807, 2.05) is 6.92 Å². The molecule has 2 aromatic rings. The minimum Gasteiger partial charge on any atom is -0.262 e. The van der Waals surface area contributed by atoms with Crippen LogP contribution in [-0.4, -0.2) is 18.4 Å². The lowest BCUT2D eigenvalue weighted by Crippen LogP contribution is -2.16. The van der Waals surface area contributed by atoms with E-state index in [2.05, 4.69) is 14.7 Å². The Labute approximate surface area is 104 Å². The molecule has 0 atom stereocenters. The number of aryl methyl sites for hydroxylation is 1. The molecule has 1 N–H and O–H groups in total. The van der Waals surface area contributed by atoms with Gasteiger partial charge in [0.25, 0.3) is 10.0 Å². The van der Waals surface area contributed by atoms with Crippen molar-refractivity contribution in [2.45, 2.75) is 11.9 Å². The second-order valence-corrected chi connectivity index (χ2v) is 5.21. The molecule has 18 heavy (non-hydrogen) atoms. The van der Waals surface area contributed by atoms with Crippen LogP contribution in [0.3, 0.4) is 0 Å². The van der Waals surface area contributed by atoms with E-state index in [1.165, 1.54) is 24.5 Å². The zero-order chi connectivity index (χ0) is 13.2. The Kier molecular flexibility index (Phi) is 3.24. The Hall–Kier alpha value is -2.02. The van der Waals surface area contributed by atoms with Crippen LogP contribution in [0.2, 0.25) is 0 Å². The Morgan fingerprint density at radius 1 is 1.22 bits per heavy atom. The third-order valence-electron chi connectivity index (χ3n) is 2.13. The maximum atomic E-state index is 13.4. The first-order valence-corrected chi connectivity index (χ1v) is 6.53. The molecule has 2 aromatic heterocycles. The fourth-order valence-electron chi connectivity index (χ4n) is 1.28. The summed E-state index contributed by atoms with van der Waals surface area (Å²) in [6.07, 6.45) is 2.72. The topological polar surface area (TPSA) is 72.0 Å². The molecular weight excluding hydrogens is 257 g/mol. The lowest BCUT2D eigenvalue weighted by Gasteiger charge is -2.06. The molecule has 0 bridgehead atoms. The number of halogens is 1. The van der Waals surface area contributed by atoms with Crippen molar-refractivity contribution in [1.82, 2.24) is 9.97 Å². The SMILES string of the molecule is Cc1ccc(NS(=O)(=O)c2ncccc2F)nc1. The molecule has 7 heteroatoms. The molecule has 0 saturated heterocycles. The van der Waals surface area contributed by atoms with Gasteiger partial charge in [0.1, 0.15) is 5.82 Å². The smallest absolute Gasteiger partial charge is 0.262 e. The van der Waals surface area contributed by atoms with Crippen molar-refractivity contribution < 1.29 is 12.8 Å². The second-order valence-electron chi connectivity index (χ2n) is 3.62. The molecule has 0 aliphatic rings. The molecule has 0 radical (unpaired) electrons. The highest BCUT2D eigenvalue weighted by atomic mass is 32.2. The van der Waals surface area contributed by atoms with E-state index < -0.39 is 20.9 Å². The third-order valence-corrected chi connectivity index (χ3v) is 3.42. The Morgan fingerprint density at radius 3 is 2.61 bits per heavy atom. The Bertz CT molecular complexity index is 656. The van der Waals surface area contributed by atoms with Gasteiger partial charge in [0.2, 0.25) is 5.03 Å². The van der Waals surface area contributed by atoms with E-state index in [-0.39, 0.29) is 5.82 Å². The first-order valence-electron chi connectivity index (χ1n) is 5.05. The van der Waals surface area contributed by atoms with E-state index in [4.69, 9.17) is 0 Å². The van der Waals surface area contributed by atoms with Crippen LogP contribution < -0.4 is 4.72 Å². The van der Waals surface area contributed by atoms with Crippen molar-refractivity contribution in [3.05, 3.63) is 48.0 Å². The summed E-state index contributed by atoms with van der Waals surface area (Å²) < 4.78 is 39.2. The Morgan fingerprint density at radius 2 is 2.00 bits per heavy atom. The molecule has 0 amide bonds. The van der Waals surface area contributed by atoms with Gasteiger partial charge in [-0.05, 0) is 30.7 Å². The number of nitrogens with zero attached hydrogens (tertiary/aromatic N) is 2. The number of rotatable bonds is 3.